The first-order valence-electron chi connectivity index (χ1n) is 10.2. The van der Waals surface area contributed by atoms with Crippen molar-refractivity contribution in [1.29, 1.82) is 0 Å². The number of halogens is 1. The van der Waals surface area contributed by atoms with Gasteiger partial charge in [-0.3, -0.25) is 0 Å². The van der Waals surface area contributed by atoms with Gasteiger partial charge in [0.1, 0.15) is 5.65 Å². The number of rotatable bonds is 4. The lowest BCUT2D eigenvalue weighted by molar-refractivity contribution is 0.206. The van der Waals surface area contributed by atoms with E-state index in [0.717, 1.165) is 49.2 Å². The third kappa shape index (κ3) is 4.01. The van der Waals surface area contributed by atoms with E-state index in [2.05, 4.69) is 66.3 Å². The predicted octanol–water partition coefficient (Wildman–Crippen LogP) is 6.01. The zero-order valence-electron chi connectivity index (χ0n) is 17.4. The van der Waals surface area contributed by atoms with Crippen molar-refractivity contribution in [2.45, 2.75) is 13.3 Å². The van der Waals surface area contributed by atoms with Gasteiger partial charge in [0, 0.05) is 41.8 Å². The lowest BCUT2D eigenvalue weighted by Gasteiger charge is -2.26. The maximum atomic E-state index is 12.2. The first-order valence-corrected chi connectivity index (χ1v) is 11.8. The number of benzene rings is 1. The Balaban J connectivity index is 1.42. The number of H-pyrrole nitrogens is 1. The molecule has 0 saturated carbocycles. The second-order valence-corrected chi connectivity index (χ2v) is 9.46. The maximum absolute atomic E-state index is 12.2. The molecule has 0 saturated heterocycles. The highest BCUT2D eigenvalue weighted by Crippen LogP contribution is 2.36. The molecule has 0 aliphatic carbocycles. The highest BCUT2D eigenvalue weighted by Gasteiger charge is 2.20. The topological polar surface area (TPSA) is 85.9 Å². The molecule has 4 heterocycles. The number of anilines is 2. The molecule has 0 radical (unpaired) electrons. The Kier molecular flexibility index (Phi) is 5.44. The van der Waals surface area contributed by atoms with Gasteiger partial charge in [-0.2, -0.15) is 0 Å². The number of pyridine rings is 1. The smallest absolute Gasteiger partial charge is 0.321 e. The van der Waals surface area contributed by atoms with Gasteiger partial charge >= 0.3 is 6.03 Å². The molecule has 0 atom stereocenters. The van der Waals surface area contributed by atoms with Gasteiger partial charge in [-0.25, -0.2) is 14.8 Å². The summed E-state index contributed by atoms with van der Waals surface area (Å²) in [6, 6.07) is 8.16. The molecule has 32 heavy (non-hydrogen) atoms. The molecule has 1 aliphatic heterocycles. The highest BCUT2D eigenvalue weighted by atomic mass is 79.9. The van der Waals surface area contributed by atoms with Gasteiger partial charge in [0.25, 0.3) is 0 Å². The second-order valence-electron chi connectivity index (χ2n) is 7.72. The van der Waals surface area contributed by atoms with Gasteiger partial charge in [-0.1, -0.05) is 12.7 Å². The first-order chi connectivity index (χ1) is 15.5. The average Bonchev–Trinajstić information content (AvgIpc) is 3.42. The van der Waals surface area contributed by atoms with E-state index < -0.39 is 0 Å². The molecular formula is C23H21BrN6OS. The zero-order valence-corrected chi connectivity index (χ0v) is 19.8. The van der Waals surface area contributed by atoms with Crippen molar-refractivity contribution in [3.63, 3.8) is 0 Å². The molecule has 3 N–H and O–H groups in total. The van der Waals surface area contributed by atoms with Crippen LogP contribution in [-0.2, 0) is 0 Å². The third-order valence-corrected chi connectivity index (χ3v) is 6.77. The van der Waals surface area contributed by atoms with Crippen molar-refractivity contribution in [2.75, 3.05) is 18.4 Å². The summed E-state index contributed by atoms with van der Waals surface area (Å²) >= 11 is 5.27. The minimum Gasteiger partial charge on any atom is -0.354 e. The van der Waals surface area contributed by atoms with Gasteiger partial charge in [0.15, 0.2) is 0 Å². The monoisotopic (exact) mass is 508 g/mol. The van der Waals surface area contributed by atoms with Crippen LogP contribution in [0.1, 0.15) is 19.0 Å². The standard InChI is InChI=1S/C23H21BrN6OS/c1-13(2)27-23(31)30-7-5-14(6-8-30)19-10-16-21(17(24)11-25-22(16)29-19)28-15-3-4-18-20(9-15)32-12-26-18/h3-5,9-12H,1,6-8H2,2H3,(H,27,31)(H2,25,28,29). The van der Waals surface area contributed by atoms with Gasteiger partial charge in [0.2, 0.25) is 0 Å². The molecule has 4 aromatic rings. The van der Waals surface area contributed by atoms with Crippen molar-refractivity contribution in [1.82, 2.24) is 25.2 Å². The summed E-state index contributed by atoms with van der Waals surface area (Å²) in [6.45, 7) is 6.72. The molecule has 5 rings (SSSR count). The molecule has 0 unspecified atom stereocenters. The van der Waals surface area contributed by atoms with Crippen LogP contribution in [-0.4, -0.2) is 39.0 Å². The molecule has 3 aromatic heterocycles. The summed E-state index contributed by atoms with van der Waals surface area (Å²) in [7, 11) is 0. The lowest BCUT2D eigenvalue weighted by Crippen LogP contribution is -2.41. The van der Waals surface area contributed by atoms with Crippen LogP contribution in [0.3, 0.4) is 0 Å². The van der Waals surface area contributed by atoms with Crippen molar-refractivity contribution in [3.05, 3.63) is 64.5 Å². The van der Waals surface area contributed by atoms with Gasteiger partial charge < -0.3 is 20.5 Å². The number of aromatic amines is 1. The molecule has 1 aromatic carbocycles. The highest BCUT2D eigenvalue weighted by molar-refractivity contribution is 9.10. The summed E-state index contributed by atoms with van der Waals surface area (Å²) in [5.41, 5.74) is 8.46. The number of carbonyl (C=O) groups is 1. The zero-order chi connectivity index (χ0) is 22.2. The third-order valence-electron chi connectivity index (χ3n) is 5.38. The van der Waals surface area contributed by atoms with E-state index in [1.165, 1.54) is 5.57 Å². The number of hydrogen-bond acceptors (Lipinski definition) is 5. The Morgan fingerprint density at radius 1 is 1.31 bits per heavy atom. The Morgan fingerprint density at radius 3 is 2.97 bits per heavy atom. The minimum absolute atomic E-state index is 0.112. The fraction of sp³-hybridized carbons (Fsp3) is 0.174. The Labute approximate surface area is 197 Å². The number of allylic oxidation sites excluding steroid dienone is 1. The van der Waals surface area contributed by atoms with Gasteiger partial charge in [0.05, 0.1) is 25.9 Å². The molecule has 0 fully saturated rings. The van der Waals surface area contributed by atoms with Crippen LogP contribution in [0.2, 0.25) is 0 Å². The fourth-order valence-electron chi connectivity index (χ4n) is 3.79. The quantitative estimate of drug-likeness (QED) is 0.315. The molecule has 9 heteroatoms. The van der Waals surface area contributed by atoms with Crippen LogP contribution in [0.5, 0.6) is 0 Å². The van der Waals surface area contributed by atoms with E-state index in [1.54, 1.807) is 29.4 Å². The Bertz CT molecular complexity index is 1390. The van der Waals surface area contributed by atoms with E-state index in [0.29, 0.717) is 18.8 Å². The number of fused-ring (bicyclic) bond motifs is 2. The molecule has 2 amide bonds. The normalized spacial score (nSPS) is 13.9. The molecular weight excluding hydrogens is 488 g/mol. The van der Waals surface area contributed by atoms with E-state index in [-0.39, 0.29) is 6.03 Å². The molecule has 0 spiro atoms. The van der Waals surface area contributed by atoms with Crippen LogP contribution < -0.4 is 10.6 Å². The summed E-state index contributed by atoms with van der Waals surface area (Å²) in [5, 5.41) is 7.30. The summed E-state index contributed by atoms with van der Waals surface area (Å²) < 4.78 is 2.03. The summed E-state index contributed by atoms with van der Waals surface area (Å²) in [6.07, 6.45) is 4.66. The molecule has 0 bridgehead atoms. The minimum atomic E-state index is -0.112. The van der Waals surface area contributed by atoms with Crippen molar-refractivity contribution in [2.24, 2.45) is 0 Å². The van der Waals surface area contributed by atoms with Crippen LogP contribution >= 0.6 is 27.3 Å². The number of hydrogen-bond donors (Lipinski definition) is 3. The number of nitrogens with one attached hydrogen (secondary N) is 3. The van der Waals surface area contributed by atoms with E-state index in [4.69, 9.17) is 0 Å². The second kappa shape index (κ2) is 8.40. The van der Waals surface area contributed by atoms with E-state index >= 15 is 0 Å². The van der Waals surface area contributed by atoms with E-state index in [9.17, 15) is 4.79 Å². The molecule has 1 aliphatic rings. The average molecular weight is 509 g/mol. The number of urea groups is 1. The van der Waals surface area contributed by atoms with E-state index in [1.807, 2.05) is 17.6 Å². The number of amides is 2. The van der Waals surface area contributed by atoms with Gasteiger partial charge in [-0.15, -0.1) is 11.3 Å². The maximum Gasteiger partial charge on any atom is 0.321 e. The largest absolute Gasteiger partial charge is 0.354 e. The Morgan fingerprint density at radius 2 is 2.19 bits per heavy atom. The van der Waals surface area contributed by atoms with Crippen molar-refractivity contribution < 1.29 is 4.79 Å². The number of nitrogens with zero attached hydrogens (tertiary/aromatic N) is 3. The molecule has 162 valence electrons. The first kappa shape index (κ1) is 20.7. The molecule has 7 nitrogen and oxygen atoms in total. The van der Waals surface area contributed by atoms with Crippen LogP contribution in [0.4, 0.5) is 16.2 Å². The fourth-order valence-corrected chi connectivity index (χ4v) is 4.92. The predicted molar refractivity (Wildman–Crippen MR) is 134 cm³/mol. The SMILES string of the molecule is C=C(C)NC(=O)N1CC=C(c2cc3c(Nc4ccc5ncsc5c4)c(Br)cnc3[nH]2)CC1. The van der Waals surface area contributed by atoms with Gasteiger partial charge in [-0.05, 0) is 59.1 Å². The lowest BCUT2D eigenvalue weighted by atomic mass is 10.0. The van der Waals surface area contributed by atoms with Crippen molar-refractivity contribution in [3.8, 4) is 0 Å². The van der Waals surface area contributed by atoms with Crippen molar-refractivity contribution >= 4 is 71.5 Å². The number of thiazole rings is 1. The number of carbonyl (C=O) groups excluding carboxylic acids is 1. The Hall–Kier alpha value is -3.17. The summed E-state index contributed by atoms with van der Waals surface area (Å²) in [5.74, 6) is 0. The summed E-state index contributed by atoms with van der Waals surface area (Å²) in [4.78, 5) is 26.3. The van der Waals surface area contributed by atoms with Crippen LogP contribution in [0, 0.1) is 0 Å². The van der Waals surface area contributed by atoms with Crippen LogP contribution in [0.15, 0.2) is 58.8 Å². The number of aromatic nitrogens is 3. The van der Waals surface area contributed by atoms with Crippen LogP contribution in [0.25, 0.3) is 26.8 Å².